The van der Waals surface area contributed by atoms with Gasteiger partial charge in [-0.15, -0.1) is 0 Å². The Labute approximate surface area is 178 Å². The number of hydrogen-bond acceptors (Lipinski definition) is 5. The molecule has 1 amide bonds. The average Bonchev–Trinajstić information content (AvgIpc) is 3.34. The van der Waals surface area contributed by atoms with Gasteiger partial charge in [-0.05, 0) is 50.2 Å². The number of furan rings is 1. The number of hydrogen-bond donors (Lipinski definition) is 1. The quantitative estimate of drug-likeness (QED) is 0.298. The second-order valence-electron chi connectivity index (χ2n) is 7.05. The Morgan fingerprint density at radius 3 is 2.65 bits per heavy atom. The highest BCUT2D eigenvalue weighted by Crippen LogP contribution is 2.21. The van der Waals surface area contributed by atoms with Crippen molar-refractivity contribution in [1.82, 2.24) is 9.99 Å². The maximum absolute atomic E-state index is 12.3. The summed E-state index contributed by atoms with van der Waals surface area (Å²) < 4.78 is 12.4. The van der Waals surface area contributed by atoms with Gasteiger partial charge >= 0.3 is 11.9 Å². The van der Waals surface area contributed by atoms with E-state index in [1.54, 1.807) is 30.5 Å². The Morgan fingerprint density at radius 2 is 1.87 bits per heavy atom. The predicted molar refractivity (Wildman–Crippen MR) is 118 cm³/mol. The Bertz CT molecular complexity index is 1280. The molecule has 0 fully saturated rings. The number of hydrazone groups is 1. The van der Waals surface area contributed by atoms with Crippen LogP contribution in [-0.4, -0.2) is 29.8 Å². The third kappa shape index (κ3) is 3.98. The molecule has 2 aromatic carbocycles. The first-order valence-corrected chi connectivity index (χ1v) is 9.67. The molecule has 4 aromatic rings. The molecule has 1 N–H and O–H groups in total. The molecule has 0 unspecified atom stereocenters. The number of para-hydroxylation sites is 1. The largest absolute Gasteiger partial charge is 0.465 e. The molecular formula is C24H21N3O4. The van der Waals surface area contributed by atoms with Gasteiger partial charge in [0.25, 0.3) is 0 Å². The highest BCUT2D eigenvalue weighted by atomic mass is 16.5. The van der Waals surface area contributed by atoms with Gasteiger partial charge in [0.15, 0.2) is 5.76 Å². The van der Waals surface area contributed by atoms with E-state index in [4.69, 9.17) is 9.15 Å². The molecule has 0 aliphatic heterocycles. The van der Waals surface area contributed by atoms with Gasteiger partial charge in [-0.3, -0.25) is 4.79 Å². The minimum Gasteiger partial charge on any atom is -0.465 e. The molecule has 4 rings (SSSR count). The van der Waals surface area contributed by atoms with Crippen molar-refractivity contribution in [3.8, 4) is 5.69 Å². The van der Waals surface area contributed by atoms with Crippen molar-refractivity contribution >= 4 is 29.1 Å². The van der Waals surface area contributed by atoms with Crippen molar-refractivity contribution in [3.05, 3.63) is 88.9 Å². The summed E-state index contributed by atoms with van der Waals surface area (Å²) in [4.78, 5) is 24.2. The van der Waals surface area contributed by atoms with E-state index < -0.39 is 5.91 Å². The first-order chi connectivity index (χ1) is 15.0. The molecule has 0 aliphatic rings. The van der Waals surface area contributed by atoms with Gasteiger partial charge in [0.1, 0.15) is 5.58 Å². The summed E-state index contributed by atoms with van der Waals surface area (Å²) in [5.74, 6) is -0.616. The molecule has 2 heterocycles. The lowest BCUT2D eigenvalue weighted by atomic mass is 10.2. The third-order valence-corrected chi connectivity index (χ3v) is 5.01. The van der Waals surface area contributed by atoms with Crippen molar-refractivity contribution in [1.29, 1.82) is 0 Å². The molecule has 31 heavy (non-hydrogen) atoms. The lowest BCUT2D eigenvalue weighted by Crippen LogP contribution is -2.16. The minimum absolute atomic E-state index is 0.198. The molecule has 0 bridgehead atoms. The van der Waals surface area contributed by atoms with E-state index in [9.17, 15) is 9.59 Å². The van der Waals surface area contributed by atoms with Crippen LogP contribution >= 0.6 is 0 Å². The van der Waals surface area contributed by atoms with Gasteiger partial charge in [-0.25, -0.2) is 10.2 Å². The number of rotatable bonds is 5. The monoisotopic (exact) mass is 415 g/mol. The molecule has 0 radical (unpaired) electrons. The standard InChI is InChI=1S/C24H21N3O4/c1-15-11-19(16(2)27(15)20-9-6-8-18(12-20)24(29)30-3)14-25-26-23(28)22-13-17-7-4-5-10-21(17)31-22/h4-14H,1-3H3,(H,26,28)/b25-14+. The van der Waals surface area contributed by atoms with E-state index in [0.29, 0.717) is 11.1 Å². The lowest BCUT2D eigenvalue weighted by molar-refractivity contribution is 0.0600. The number of benzene rings is 2. The predicted octanol–water partition coefficient (Wildman–Crippen LogP) is 4.39. The van der Waals surface area contributed by atoms with Crippen LogP contribution in [0.3, 0.4) is 0 Å². The zero-order valence-electron chi connectivity index (χ0n) is 17.4. The van der Waals surface area contributed by atoms with E-state index in [-0.39, 0.29) is 11.7 Å². The van der Waals surface area contributed by atoms with Crippen LogP contribution in [-0.2, 0) is 4.74 Å². The summed E-state index contributed by atoms with van der Waals surface area (Å²) in [7, 11) is 1.36. The number of carbonyl (C=O) groups excluding carboxylic acids is 2. The van der Waals surface area contributed by atoms with Crippen molar-refractivity contribution in [2.75, 3.05) is 7.11 Å². The number of aromatic nitrogens is 1. The number of nitrogens with one attached hydrogen (secondary N) is 1. The molecule has 0 spiro atoms. The van der Waals surface area contributed by atoms with E-state index >= 15 is 0 Å². The first-order valence-electron chi connectivity index (χ1n) is 9.67. The van der Waals surface area contributed by atoms with E-state index in [1.807, 2.05) is 54.8 Å². The zero-order chi connectivity index (χ0) is 22.0. The van der Waals surface area contributed by atoms with Crippen LogP contribution in [0.15, 0.2) is 70.2 Å². The van der Waals surface area contributed by atoms with Crippen LogP contribution < -0.4 is 5.43 Å². The lowest BCUT2D eigenvalue weighted by Gasteiger charge is -2.10. The number of aryl methyl sites for hydroxylation is 1. The van der Waals surface area contributed by atoms with Gasteiger partial charge in [-0.1, -0.05) is 24.3 Å². The summed E-state index contributed by atoms with van der Waals surface area (Å²) in [6.45, 7) is 3.91. The van der Waals surface area contributed by atoms with Crippen LogP contribution in [0.1, 0.15) is 37.9 Å². The van der Waals surface area contributed by atoms with Crippen molar-refractivity contribution in [3.63, 3.8) is 0 Å². The SMILES string of the molecule is COC(=O)c1cccc(-n2c(C)cc(/C=N/NC(=O)c3cc4ccccc4o3)c2C)c1. The first kappa shape index (κ1) is 20.2. The highest BCUT2D eigenvalue weighted by Gasteiger charge is 2.13. The van der Waals surface area contributed by atoms with Crippen molar-refractivity contribution in [2.45, 2.75) is 13.8 Å². The Morgan fingerprint density at radius 1 is 1.06 bits per heavy atom. The molecule has 156 valence electrons. The van der Waals surface area contributed by atoms with E-state index in [2.05, 4.69) is 10.5 Å². The Balaban J connectivity index is 1.54. The average molecular weight is 415 g/mol. The number of ether oxygens (including phenoxy) is 1. The summed E-state index contributed by atoms with van der Waals surface area (Å²) in [5.41, 5.74) is 7.18. The summed E-state index contributed by atoms with van der Waals surface area (Å²) in [6.07, 6.45) is 1.59. The van der Waals surface area contributed by atoms with Gasteiger partial charge in [0.05, 0.1) is 18.9 Å². The molecule has 7 nitrogen and oxygen atoms in total. The molecular weight excluding hydrogens is 394 g/mol. The maximum Gasteiger partial charge on any atom is 0.337 e. The van der Waals surface area contributed by atoms with Crippen LogP contribution in [0.25, 0.3) is 16.7 Å². The third-order valence-electron chi connectivity index (χ3n) is 5.01. The highest BCUT2D eigenvalue weighted by molar-refractivity contribution is 5.96. The second-order valence-corrected chi connectivity index (χ2v) is 7.05. The number of carbonyl (C=O) groups is 2. The summed E-state index contributed by atoms with van der Waals surface area (Å²) >= 11 is 0. The number of nitrogens with zero attached hydrogens (tertiary/aromatic N) is 2. The number of esters is 1. The van der Waals surface area contributed by atoms with E-state index in [0.717, 1.165) is 28.0 Å². The van der Waals surface area contributed by atoms with Crippen LogP contribution in [0.2, 0.25) is 0 Å². The molecule has 2 aromatic heterocycles. The molecule has 0 aliphatic carbocycles. The van der Waals surface area contributed by atoms with Crippen LogP contribution in [0, 0.1) is 13.8 Å². The fourth-order valence-electron chi connectivity index (χ4n) is 3.51. The van der Waals surface area contributed by atoms with Crippen molar-refractivity contribution in [2.24, 2.45) is 5.10 Å². The normalized spacial score (nSPS) is 11.2. The number of amides is 1. The molecule has 7 heteroatoms. The summed E-state index contributed by atoms with van der Waals surface area (Å²) in [5, 5.41) is 4.94. The zero-order valence-corrected chi connectivity index (χ0v) is 17.4. The van der Waals surface area contributed by atoms with Gasteiger partial charge < -0.3 is 13.7 Å². The fourth-order valence-corrected chi connectivity index (χ4v) is 3.51. The Kier molecular flexibility index (Phi) is 5.41. The molecule has 0 saturated heterocycles. The van der Waals surface area contributed by atoms with Gasteiger partial charge in [0.2, 0.25) is 0 Å². The Hall–Kier alpha value is -4.13. The minimum atomic E-state index is -0.424. The van der Waals surface area contributed by atoms with Crippen molar-refractivity contribution < 1.29 is 18.7 Å². The van der Waals surface area contributed by atoms with Crippen LogP contribution in [0.4, 0.5) is 0 Å². The molecule has 0 atom stereocenters. The number of fused-ring (bicyclic) bond motifs is 1. The molecule has 0 saturated carbocycles. The van der Waals surface area contributed by atoms with Gasteiger partial charge in [-0.2, -0.15) is 5.10 Å². The fraction of sp³-hybridized carbons (Fsp3) is 0.125. The second kappa shape index (κ2) is 8.31. The number of methoxy groups -OCH3 is 1. The smallest absolute Gasteiger partial charge is 0.337 e. The maximum atomic E-state index is 12.3. The van der Waals surface area contributed by atoms with Gasteiger partial charge in [0, 0.05) is 28.0 Å². The summed E-state index contributed by atoms with van der Waals surface area (Å²) in [6, 6.07) is 18.3. The topological polar surface area (TPSA) is 85.8 Å². The van der Waals surface area contributed by atoms with E-state index in [1.165, 1.54) is 7.11 Å². The van der Waals surface area contributed by atoms with Crippen LogP contribution in [0.5, 0.6) is 0 Å².